The highest BCUT2D eigenvalue weighted by atomic mass is 127. The van der Waals surface area contributed by atoms with E-state index in [2.05, 4.69) is 59.4 Å². The summed E-state index contributed by atoms with van der Waals surface area (Å²) in [4.78, 5) is 16.4. The van der Waals surface area contributed by atoms with Gasteiger partial charge >= 0.3 is 0 Å². The molecule has 0 fully saturated rings. The van der Waals surface area contributed by atoms with Crippen molar-refractivity contribution >= 4 is 60.2 Å². The molecule has 0 aliphatic heterocycles. The number of hydrogen-bond acceptors (Lipinski definition) is 2. The van der Waals surface area contributed by atoms with Crippen LogP contribution in [-0.4, -0.2) is 10.8 Å². The van der Waals surface area contributed by atoms with Crippen LogP contribution in [0.1, 0.15) is 16.1 Å². The highest BCUT2D eigenvalue weighted by molar-refractivity contribution is 14.1. The average Bonchev–Trinajstić information content (AvgIpc) is 2.35. The molecule has 0 saturated carbocycles. The van der Waals surface area contributed by atoms with Crippen LogP contribution in [0.5, 0.6) is 0 Å². The number of aromatic nitrogens is 1. The van der Waals surface area contributed by atoms with Crippen molar-refractivity contribution in [2.24, 2.45) is 0 Å². The van der Waals surface area contributed by atoms with Crippen LogP contribution in [0.15, 0.2) is 45.5 Å². The van der Waals surface area contributed by atoms with E-state index in [1.165, 1.54) is 0 Å². The van der Waals surface area contributed by atoms with Crippen molar-refractivity contribution in [2.45, 2.75) is 6.42 Å². The Hall–Kier alpha value is -0.270. The third-order valence-corrected chi connectivity index (χ3v) is 4.26. The Labute approximate surface area is 136 Å². The van der Waals surface area contributed by atoms with Crippen molar-refractivity contribution in [3.05, 3.63) is 60.3 Å². The molecule has 1 aromatic carbocycles. The quantitative estimate of drug-likeness (QED) is 0.473. The highest BCUT2D eigenvalue weighted by Gasteiger charge is 2.12. The van der Waals surface area contributed by atoms with E-state index in [0.29, 0.717) is 6.42 Å². The molecule has 1 aromatic heterocycles. The summed E-state index contributed by atoms with van der Waals surface area (Å²) in [6.07, 6.45) is 2.02. The van der Waals surface area contributed by atoms with Crippen LogP contribution in [0.3, 0.4) is 0 Å². The Morgan fingerprint density at radius 1 is 1.17 bits per heavy atom. The third-order valence-electron chi connectivity index (χ3n) is 2.36. The summed E-state index contributed by atoms with van der Waals surface area (Å²) in [7, 11) is 0. The molecule has 0 bridgehead atoms. The van der Waals surface area contributed by atoms with Crippen molar-refractivity contribution in [2.75, 3.05) is 0 Å². The zero-order valence-corrected chi connectivity index (χ0v) is 14.5. The topological polar surface area (TPSA) is 30.0 Å². The first kappa shape index (κ1) is 14.1. The first-order valence-electron chi connectivity index (χ1n) is 5.15. The number of carbonyl (C=O) groups is 1. The van der Waals surface area contributed by atoms with Crippen molar-refractivity contribution in [3.8, 4) is 0 Å². The monoisotopic (exact) mass is 479 g/mol. The second kappa shape index (κ2) is 6.25. The van der Waals surface area contributed by atoms with Gasteiger partial charge in [-0.1, -0.05) is 15.9 Å². The van der Waals surface area contributed by atoms with Gasteiger partial charge in [-0.15, -0.1) is 0 Å². The fourth-order valence-corrected chi connectivity index (χ4v) is 2.71. The molecule has 0 amide bonds. The summed E-state index contributed by atoms with van der Waals surface area (Å²) in [6, 6.07) is 9.45. The zero-order chi connectivity index (χ0) is 13.1. The first-order chi connectivity index (χ1) is 8.56. The number of ketones is 1. The van der Waals surface area contributed by atoms with Crippen molar-refractivity contribution in [1.82, 2.24) is 4.98 Å². The Kier molecular flexibility index (Phi) is 4.91. The lowest BCUT2D eigenvalue weighted by Gasteiger charge is -2.04. The maximum absolute atomic E-state index is 12.2. The molecule has 1 heterocycles. The van der Waals surface area contributed by atoms with Gasteiger partial charge in [-0.2, -0.15) is 0 Å². The van der Waals surface area contributed by atoms with Gasteiger partial charge in [0.2, 0.25) is 0 Å². The molecule has 0 unspecified atom stereocenters. The first-order valence-corrected chi connectivity index (χ1v) is 7.81. The van der Waals surface area contributed by atoms with Crippen LogP contribution >= 0.6 is 54.5 Å². The lowest BCUT2D eigenvalue weighted by atomic mass is 10.1. The minimum absolute atomic E-state index is 0.0792. The average molecular weight is 481 g/mol. The molecular formula is C13H8Br2INO. The van der Waals surface area contributed by atoms with Gasteiger partial charge in [-0.05, 0) is 68.9 Å². The molecule has 0 aliphatic rings. The summed E-state index contributed by atoms with van der Waals surface area (Å²) in [5, 5.41) is 0. The Bertz CT molecular complexity index is 584. The van der Waals surface area contributed by atoms with Crippen molar-refractivity contribution in [1.29, 1.82) is 0 Å². The Balaban J connectivity index is 2.21. The van der Waals surface area contributed by atoms with E-state index in [0.717, 1.165) is 23.8 Å². The molecule has 2 nitrogen and oxygen atoms in total. The smallest absolute Gasteiger partial charge is 0.169 e. The van der Waals surface area contributed by atoms with E-state index in [1.807, 2.05) is 30.3 Å². The summed E-state index contributed by atoms with van der Waals surface area (Å²) in [6.45, 7) is 0. The summed E-state index contributed by atoms with van der Waals surface area (Å²) < 4.78 is 2.78. The molecular weight excluding hydrogens is 473 g/mol. The SMILES string of the molecule is O=C(Cc1ccc(Br)cn1)c1cc(Br)ccc1I. The van der Waals surface area contributed by atoms with Gasteiger partial charge in [0, 0.05) is 30.0 Å². The number of halogens is 3. The number of Topliss-reactive ketones (excluding diaryl/α,β-unsaturated/α-hetero) is 1. The van der Waals surface area contributed by atoms with Crippen LogP contribution in [0.25, 0.3) is 0 Å². The van der Waals surface area contributed by atoms with Crippen LogP contribution in [0, 0.1) is 3.57 Å². The number of pyridine rings is 1. The largest absolute Gasteiger partial charge is 0.294 e. The molecule has 0 spiro atoms. The highest BCUT2D eigenvalue weighted by Crippen LogP contribution is 2.20. The van der Waals surface area contributed by atoms with E-state index in [4.69, 9.17) is 0 Å². The predicted octanol–water partition coefficient (Wildman–Crippen LogP) is 4.64. The van der Waals surface area contributed by atoms with Crippen molar-refractivity contribution in [3.63, 3.8) is 0 Å². The second-order valence-corrected chi connectivity index (χ2v) is 6.69. The molecule has 0 saturated heterocycles. The van der Waals surface area contributed by atoms with E-state index >= 15 is 0 Å². The van der Waals surface area contributed by atoms with Gasteiger partial charge in [0.15, 0.2) is 5.78 Å². The fourth-order valence-electron chi connectivity index (χ4n) is 1.48. The van der Waals surface area contributed by atoms with E-state index in [9.17, 15) is 4.79 Å². The van der Waals surface area contributed by atoms with Gasteiger partial charge in [0.05, 0.1) is 6.42 Å². The molecule has 18 heavy (non-hydrogen) atoms. The standard InChI is InChI=1S/C13H8Br2INO/c14-8-2-4-12(16)11(5-8)13(18)6-10-3-1-9(15)7-17-10/h1-5,7H,6H2. The summed E-state index contributed by atoms with van der Waals surface area (Å²) in [5.41, 5.74) is 1.51. The molecule has 5 heteroatoms. The fraction of sp³-hybridized carbons (Fsp3) is 0.0769. The van der Waals surface area contributed by atoms with Crippen LogP contribution in [-0.2, 0) is 6.42 Å². The third kappa shape index (κ3) is 3.61. The molecule has 92 valence electrons. The van der Waals surface area contributed by atoms with Crippen LogP contribution in [0.4, 0.5) is 0 Å². The Morgan fingerprint density at radius 2 is 1.89 bits per heavy atom. The molecule has 0 aliphatic carbocycles. The minimum atomic E-state index is 0.0792. The summed E-state index contributed by atoms with van der Waals surface area (Å²) in [5.74, 6) is 0.0792. The normalized spacial score (nSPS) is 10.4. The van der Waals surface area contributed by atoms with Crippen LogP contribution < -0.4 is 0 Å². The van der Waals surface area contributed by atoms with E-state index in [1.54, 1.807) is 6.20 Å². The molecule has 0 N–H and O–H groups in total. The number of benzene rings is 1. The maximum atomic E-state index is 12.2. The lowest BCUT2D eigenvalue weighted by molar-refractivity contribution is 0.0991. The summed E-state index contributed by atoms with van der Waals surface area (Å²) >= 11 is 8.88. The van der Waals surface area contributed by atoms with Gasteiger partial charge < -0.3 is 0 Å². The molecule has 0 radical (unpaired) electrons. The molecule has 0 atom stereocenters. The van der Waals surface area contributed by atoms with Gasteiger partial charge in [-0.25, -0.2) is 0 Å². The molecule has 2 rings (SSSR count). The number of rotatable bonds is 3. The minimum Gasteiger partial charge on any atom is -0.294 e. The number of carbonyl (C=O) groups excluding carboxylic acids is 1. The zero-order valence-electron chi connectivity index (χ0n) is 9.16. The Morgan fingerprint density at radius 3 is 2.56 bits per heavy atom. The predicted molar refractivity (Wildman–Crippen MR) is 86.8 cm³/mol. The van der Waals surface area contributed by atoms with E-state index < -0.39 is 0 Å². The van der Waals surface area contributed by atoms with E-state index in [-0.39, 0.29) is 5.78 Å². The second-order valence-electron chi connectivity index (χ2n) is 3.69. The van der Waals surface area contributed by atoms with Gasteiger partial charge in [0.25, 0.3) is 0 Å². The lowest BCUT2D eigenvalue weighted by Crippen LogP contribution is -2.07. The molecule has 2 aromatic rings. The van der Waals surface area contributed by atoms with Crippen LogP contribution in [0.2, 0.25) is 0 Å². The van der Waals surface area contributed by atoms with Crippen molar-refractivity contribution < 1.29 is 4.79 Å². The number of nitrogens with zero attached hydrogens (tertiary/aromatic N) is 1. The van der Waals surface area contributed by atoms with Gasteiger partial charge in [-0.3, -0.25) is 9.78 Å². The number of hydrogen-bond donors (Lipinski definition) is 0. The maximum Gasteiger partial charge on any atom is 0.169 e. The van der Waals surface area contributed by atoms with Gasteiger partial charge in [0.1, 0.15) is 0 Å².